The summed E-state index contributed by atoms with van der Waals surface area (Å²) in [6.45, 7) is 4.77. The Morgan fingerprint density at radius 2 is 2.00 bits per heavy atom. The Balaban J connectivity index is 1.36. The van der Waals surface area contributed by atoms with Gasteiger partial charge in [-0.3, -0.25) is 0 Å². The van der Waals surface area contributed by atoms with E-state index in [9.17, 15) is 0 Å². The molecule has 4 rings (SSSR count). The Morgan fingerprint density at radius 1 is 1.24 bits per heavy atom. The summed E-state index contributed by atoms with van der Waals surface area (Å²) < 4.78 is 13.9. The third-order valence-electron chi connectivity index (χ3n) is 5.07. The van der Waals surface area contributed by atoms with Crippen molar-refractivity contribution in [2.24, 2.45) is 0 Å². The van der Waals surface area contributed by atoms with Gasteiger partial charge in [0.1, 0.15) is 11.6 Å². The van der Waals surface area contributed by atoms with E-state index in [0.29, 0.717) is 6.04 Å². The third-order valence-corrected chi connectivity index (χ3v) is 5.07. The van der Waals surface area contributed by atoms with Crippen LogP contribution in [-0.2, 0) is 22.4 Å². The highest BCUT2D eigenvalue weighted by atomic mass is 16.7. The van der Waals surface area contributed by atoms with E-state index in [1.165, 1.54) is 6.42 Å². The first-order chi connectivity index (χ1) is 10.3. The molecule has 1 N–H and O–H groups in total. The second-order valence-corrected chi connectivity index (χ2v) is 6.50. The summed E-state index contributed by atoms with van der Waals surface area (Å²) in [5.74, 6) is 1.97. The van der Waals surface area contributed by atoms with Crippen molar-refractivity contribution in [1.82, 2.24) is 20.1 Å². The number of nitrogens with one attached hydrogen (secondary N) is 1. The highest BCUT2D eigenvalue weighted by Gasteiger charge is 2.40. The zero-order chi connectivity index (χ0) is 14.3. The Hall–Kier alpha value is -0.980. The Labute approximate surface area is 125 Å². The van der Waals surface area contributed by atoms with Gasteiger partial charge in [0.2, 0.25) is 0 Å². The van der Waals surface area contributed by atoms with E-state index in [0.717, 1.165) is 63.5 Å². The predicted octanol–water partition coefficient (Wildman–Crippen LogP) is 1.56. The van der Waals surface area contributed by atoms with Crippen LogP contribution in [0.3, 0.4) is 0 Å². The first-order valence-electron chi connectivity index (χ1n) is 8.22. The second-order valence-electron chi connectivity index (χ2n) is 6.50. The van der Waals surface area contributed by atoms with E-state index in [2.05, 4.69) is 27.0 Å². The van der Waals surface area contributed by atoms with Gasteiger partial charge >= 0.3 is 0 Å². The fraction of sp³-hybridized carbons (Fsp3) is 0.867. The van der Waals surface area contributed by atoms with Crippen molar-refractivity contribution < 1.29 is 9.47 Å². The molecule has 0 aromatic carbocycles. The molecule has 1 aromatic rings. The number of fused-ring (bicyclic) bond motifs is 1. The lowest BCUT2D eigenvalue weighted by Gasteiger charge is -2.36. The number of hydrogen-bond acceptors (Lipinski definition) is 5. The first-order valence-corrected chi connectivity index (χ1v) is 8.22. The molecule has 0 radical (unpaired) electrons. The highest BCUT2D eigenvalue weighted by Crippen LogP contribution is 2.36. The summed E-state index contributed by atoms with van der Waals surface area (Å²) >= 11 is 0. The lowest BCUT2D eigenvalue weighted by Crippen LogP contribution is -2.43. The van der Waals surface area contributed by atoms with Crippen LogP contribution in [0.1, 0.15) is 56.7 Å². The van der Waals surface area contributed by atoms with Crippen molar-refractivity contribution in [3.05, 3.63) is 11.6 Å². The molecule has 0 amide bonds. The molecule has 1 saturated carbocycles. The number of aryl methyl sites for hydroxylation is 1. The number of ether oxygens (including phenoxy) is 2. The molecule has 21 heavy (non-hydrogen) atoms. The van der Waals surface area contributed by atoms with E-state index in [-0.39, 0.29) is 11.8 Å². The molecule has 1 unspecified atom stereocenters. The maximum absolute atomic E-state index is 5.79. The van der Waals surface area contributed by atoms with Gasteiger partial charge in [-0.2, -0.15) is 0 Å². The van der Waals surface area contributed by atoms with E-state index in [4.69, 9.17) is 9.47 Å². The maximum Gasteiger partial charge on any atom is 0.168 e. The number of rotatable bonds is 3. The third kappa shape index (κ3) is 2.49. The van der Waals surface area contributed by atoms with E-state index >= 15 is 0 Å². The largest absolute Gasteiger partial charge is 0.348 e. The summed E-state index contributed by atoms with van der Waals surface area (Å²) in [6, 6.07) is 0.779. The van der Waals surface area contributed by atoms with Crippen molar-refractivity contribution in [3.63, 3.8) is 0 Å². The molecule has 0 bridgehead atoms. The molecule has 1 atom stereocenters. The van der Waals surface area contributed by atoms with Gasteiger partial charge in [0.15, 0.2) is 5.79 Å². The fourth-order valence-electron chi connectivity index (χ4n) is 3.93. The number of nitrogens with zero attached hydrogens (tertiary/aromatic N) is 3. The smallest absolute Gasteiger partial charge is 0.168 e. The zero-order valence-corrected chi connectivity index (χ0v) is 12.7. The van der Waals surface area contributed by atoms with Crippen molar-refractivity contribution in [2.45, 2.75) is 69.9 Å². The predicted molar refractivity (Wildman–Crippen MR) is 76.8 cm³/mol. The van der Waals surface area contributed by atoms with Crippen LogP contribution in [0.2, 0.25) is 0 Å². The maximum atomic E-state index is 5.79. The standard InChI is InChI=1S/C15H24N4O2/c1-11(14-18-17-13-3-2-8-19(13)14)16-12-4-6-15(7-5-12)20-9-10-21-15/h11-12,16H,2-10H2,1H3. The van der Waals surface area contributed by atoms with Gasteiger partial charge in [-0.05, 0) is 26.2 Å². The van der Waals surface area contributed by atoms with Crippen molar-refractivity contribution >= 4 is 0 Å². The van der Waals surface area contributed by atoms with Gasteiger partial charge in [-0.1, -0.05) is 0 Å². The van der Waals surface area contributed by atoms with Crippen LogP contribution in [-0.4, -0.2) is 39.8 Å². The molecule has 116 valence electrons. The highest BCUT2D eigenvalue weighted by molar-refractivity contribution is 5.04. The minimum Gasteiger partial charge on any atom is -0.348 e. The molecule has 1 aromatic heterocycles. The molecule has 6 heteroatoms. The SMILES string of the molecule is CC(NC1CCC2(CC1)OCCO2)c1nnc2n1CCC2. The van der Waals surface area contributed by atoms with Crippen LogP contribution in [0.5, 0.6) is 0 Å². The van der Waals surface area contributed by atoms with Gasteiger partial charge in [0.05, 0.1) is 19.3 Å². The zero-order valence-electron chi connectivity index (χ0n) is 12.7. The van der Waals surface area contributed by atoms with E-state index in [1.807, 2.05) is 0 Å². The Morgan fingerprint density at radius 3 is 2.76 bits per heavy atom. The molecule has 2 aliphatic heterocycles. The van der Waals surface area contributed by atoms with E-state index < -0.39 is 0 Å². The summed E-state index contributed by atoms with van der Waals surface area (Å²) in [7, 11) is 0. The average Bonchev–Trinajstić information content (AvgIpc) is 3.18. The molecule has 1 spiro atoms. The molecular weight excluding hydrogens is 268 g/mol. The fourth-order valence-corrected chi connectivity index (χ4v) is 3.93. The monoisotopic (exact) mass is 292 g/mol. The summed E-state index contributed by atoms with van der Waals surface area (Å²) in [5, 5.41) is 12.4. The molecular formula is C15H24N4O2. The van der Waals surface area contributed by atoms with Crippen LogP contribution < -0.4 is 5.32 Å². The van der Waals surface area contributed by atoms with Crippen LogP contribution in [0.4, 0.5) is 0 Å². The molecule has 3 aliphatic rings. The van der Waals surface area contributed by atoms with Crippen LogP contribution in [0.25, 0.3) is 0 Å². The lowest BCUT2D eigenvalue weighted by molar-refractivity contribution is -0.179. The quantitative estimate of drug-likeness (QED) is 0.916. The van der Waals surface area contributed by atoms with Crippen LogP contribution in [0, 0.1) is 0 Å². The van der Waals surface area contributed by atoms with Crippen LogP contribution in [0.15, 0.2) is 0 Å². The normalized spacial score (nSPS) is 26.3. The Bertz CT molecular complexity index is 500. The van der Waals surface area contributed by atoms with Gasteiger partial charge in [-0.25, -0.2) is 0 Å². The second kappa shape index (κ2) is 5.34. The molecule has 2 fully saturated rings. The first kappa shape index (κ1) is 13.7. The van der Waals surface area contributed by atoms with Gasteiger partial charge in [-0.15, -0.1) is 10.2 Å². The average molecular weight is 292 g/mol. The molecule has 1 aliphatic carbocycles. The van der Waals surface area contributed by atoms with Crippen LogP contribution >= 0.6 is 0 Å². The molecule has 3 heterocycles. The number of hydrogen-bond donors (Lipinski definition) is 1. The summed E-state index contributed by atoms with van der Waals surface area (Å²) in [4.78, 5) is 0. The van der Waals surface area contributed by atoms with Gasteiger partial charge in [0, 0.05) is 31.8 Å². The minimum atomic E-state index is -0.266. The molecule has 1 saturated heterocycles. The van der Waals surface area contributed by atoms with E-state index in [1.54, 1.807) is 0 Å². The van der Waals surface area contributed by atoms with Gasteiger partial charge < -0.3 is 19.4 Å². The van der Waals surface area contributed by atoms with Gasteiger partial charge in [0.25, 0.3) is 0 Å². The lowest BCUT2D eigenvalue weighted by atomic mass is 9.89. The topological polar surface area (TPSA) is 61.2 Å². The Kier molecular flexibility index (Phi) is 3.47. The summed E-state index contributed by atoms with van der Waals surface area (Å²) in [6.07, 6.45) is 6.47. The minimum absolute atomic E-state index is 0.258. The van der Waals surface area contributed by atoms with Crippen molar-refractivity contribution in [1.29, 1.82) is 0 Å². The summed E-state index contributed by atoms with van der Waals surface area (Å²) in [5.41, 5.74) is 0. The van der Waals surface area contributed by atoms with Crippen molar-refractivity contribution in [3.8, 4) is 0 Å². The van der Waals surface area contributed by atoms with Crippen molar-refractivity contribution in [2.75, 3.05) is 13.2 Å². The molecule has 6 nitrogen and oxygen atoms in total. The number of aromatic nitrogens is 3.